The van der Waals surface area contributed by atoms with Gasteiger partial charge >= 0.3 is 0 Å². The molecule has 0 saturated carbocycles. The predicted octanol–water partition coefficient (Wildman–Crippen LogP) is 4.25. The molecule has 0 unspecified atom stereocenters. The Morgan fingerprint density at radius 3 is 2.62 bits per heavy atom. The Labute approximate surface area is 140 Å². The fraction of sp³-hybridized carbons (Fsp3) is 0.0588. The lowest BCUT2D eigenvalue weighted by Gasteiger charge is -2.08. The van der Waals surface area contributed by atoms with Crippen LogP contribution in [-0.4, -0.2) is 10.9 Å². The van der Waals surface area contributed by atoms with Gasteiger partial charge < -0.3 is 10.1 Å². The standard InChI is InChI=1S/C17H12F2N2O2S/c18-12-3-6-16(15(19)7-12)21-17(22)11-1-4-14(5-2-11)23-8-13-9-24-10-20-13/h1-7,9-10H,8H2,(H,21,22). The Balaban J connectivity index is 1.63. The van der Waals surface area contributed by atoms with Gasteiger partial charge in [-0.3, -0.25) is 4.79 Å². The topological polar surface area (TPSA) is 51.2 Å². The summed E-state index contributed by atoms with van der Waals surface area (Å²) in [5, 5.41) is 4.29. The number of hydrogen-bond acceptors (Lipinski definition) is 4. The van der Waals surface area contributed by atoms with Crippen LogP contribution in [0.3, 0.4) is 0 Å². The van der Waals surface area contributed by atoms with Gasteiger partial charge in [0.25, 0.3) is 5.91 Å². The number of anilines is 1. The molecule has 3 aromatic rings. The zero-order chi connectivity index (χ0) is 16.9. The van der Waals surface area contributed by atoms with Gasteiger partial charge in [-0.1, -0.05) is 0 Å². The van der Waals surface area contributed by atoms with Crippen molar-refractivity contribution < 1.29 is 18.3 Å². The van der Waals surface area contributed by atoms with Crippen molar-refractivity contribution in [2.45, 2.75) is 6.61 Å². The number of benzene rings is 2. The molecule has 0 radical (unpaired) electrons. The molecule has 4 nitrogen and oxygen atoms in total. The van der Waals surface area contributed by atoms with Crippen molar-refractivity contribution in [1.82, 2.24) is 4.98 Å². The predicted molar refractivity (Wildman–Crippen MR) is 87.2 cm³/mol. The van der Waals surface area contributed by atoms with Crippen LogP contribution in [0.25, 0.3) is 0 Å². The van der Waals surface area contributed by atoms with Crippen LogP contribution in [0.1, 0.15) is 16.1 Å². The van der Waals surface area contributed by atoms with E-state index in [4.69, 9.17) is 4.74 Å². The number of ether oxygens (including phenoxy) is 1. The average molecular weight is 346 g/mol. The molecule has 0 atom stereocenters. The first kappa shape index (κ1) is 16.1. The van der Waals surface area contributed by atoms with Crippen LogP contribution >= 0.6 is 11.3 Å². The first-order valence-electron chi connectivity index (χ1n) is 6.98. The number of nitrogens with one attached hydrogen (secondary N) is 1. The van der Waals surface area contributed by atoms with E-state index in [2.05, 4.69) is 10.3 Å². The molecule has 0 spiro atoms. The zero-order valence-electron chi connectivity index (χ0n) is 12.3. The zero-order valence-corrected chi connectivity index (χ0v) is 13.1. The normalized spacial score (nSPS) is 10.4. The molecule has 2 aromatic carbocycles. The molecule has 0 fully saturated rings. The summed E-state index contributed by atoms with van der Waals surface area (Å²) >= 11 is 1.49. The second-order valence-corrected chi connectivity index (χ2v) is 5.59. The van der Waals surface area contributed by atoms with E-state index in [1.165, 1.54) is 17.4 Å². The Morgan fingerprint density at radius 1 is 1.17 bits per heavy atom. The third kappa shape index (κ3) is 3.94. The van der Waals surface area contributed by atoms with Crippen LogP contribution in [0.15, 0.2) is 53.4 Å². The summed E-state index contributed by atoms with van der Waals surface area (Å²) in [6.45, 7) is 0.343. The molecular weight excluding hydrogens is 334 g/mol. The molecular formula is C17H12F2N2O2S. The SMILES string of the molecule is O=C(Nc1ccc(F)cc1F)c1ccc(OCc2cscn2)cc1. The van der Waals surface area contributed by atoms with E-state index in [0.717, 1.165) is 11.8 Å². The molecule has 0 bridgehead atoms. The van der Waals surface area contributed by atoms with Crippen molar-refractivity contribution in [3.05, 3.63) is 76.2 Å². The van der Waals surface area contributed by atoms with E-state index in [1.54, 1.807) is 29.8 Å². The second kappa shape index (κ2) is 7.18. The monoisotopic (exact) mass is 346 g/mol. The summed E-state index contributed by atoms with van der Waals surface area (Å²) in [7, 11) is 0. The van der Waals surface area contributed by atoms with Gasteiger partial charge in [0.15, 0.2) is 0 Å². The average Bonchev–Trinajstić information content (AvgIpc) is 3.09. The number of aromatic nitrogens is 1. The Hall–Kier alpha value is -2.80. The second-order valence-electron chi connectivity index (χ2n) is 4.87. The maximum absolute atomic E-state index is 13.5. The summed E-state index contributed by atoms with van der Waals surface area (Å²) in [6, 6.07) is 9.37. The summed E-state index contributed by atoms with van der Waals surface area (Å²) in [5.74, 6) is -1.43. The molecule has 0 aliphatic heterocycles. The third-order valence-electron chi connectivity index (χ3n) is 3.17. The highest BCUT2D eigenvalue weighted by molar-refractivity contribution is 7.07. The lowest BCUT2D eigenvalue weighted by atomic mass is 10.2. The fourth-order valence-electron chi connectivity index (χ4n) is 1.95. The number of thiazole rings is 1. The molecule has 1 N–H and O–H groups in total. The first-order valence-corrected chi connectivity index (χ1v) is 7.92. The number of rotatable bonds is 5. The van der Waals surface area contributed by atoms with Crippen molar-refractivity contribution in [3.8, 4) is 5.75 Å². The van der Waals surface area contributed by atoms with Crippen LogP contribution in [0.2, 0.25) is 0 Å². The molecule has 0 aliphatic rings. The van der Waals surface area contributed by atoms with E-state index in [-0.39, 0.29) is 5.69 Å². The van der Waals surface area contributed by atoms with Crippen molar-refractivity contribution >= 4 is 22.9 Å². The summed E-state index contributed by atoms with van der Waals surface area (Å²) < 4.78 is 31.9. The molecule has 1 aromatic heterocycles. The number of nitrogens with zero attached hydrogens (tertiary/aromatic N) is 1. The minimum absolute atomic E-state index is 0.0785. The van der Waals surface area contributed by atoms with Crippen molar-refractivity contribution in [3.63, 3.8) is 0 Å². The summed E-state index contributed by atoms with van der Waals surface area (Å²) in [5.41, 5.74) is 2.80. The number of halogens is 2. The molecule has 0 aliphatic carbocycles. The van der Waals surface area contributed by atoms with Gasteiger partial charge in [0.2, 0.25) is 0 Å². The van der Waals surface area contributed by atoms with Gasteiger partial charge in [-0.25, -0.2) is 13.8 Å². The van der Waals surface area contributed by atoms with Crippen LogP contribution in [0.4, 0.5) is 14.5 Å². The van der Waals surface area contributed by atoms with E-state index in [9.17, 15) is 13.6 Å². The molecule has 0 saturated heterocycles. The van der Waals surface area contributed by atoms with Crippen LogP contribution in [0, 0.1) is 11.6 Å². The Kier molecular flexibility index (Phi) is 4.81. The third-order valence-corrected chi connectivity index (χ3v) is 3.80. The smallest absolute Gasteiger partial charge is 0.255 e. The lowest BCUT2D eigenvalue weighted by molar-refractivity contribution is 0.102. The summed E-state index contributed by atoms with van der Waals surface area (Å²) in [4.78, 5) is 16.2. The molecule has 1 heterocycles. The number of amides is 1. The van der Waals surface area contributed by atoms with Crippen LogP contribution in [-0.2, 0) is 6.61 Å². The minimum atomic E-state index is -0.827. The largest absolute Gasteiger partial charge is 0.487 e. The maximum atomic E-state index is 13.5. The maximum Gasteiger partial charge on any atom is 0.255 e. The highest BCUT2D eigenvalue weighted by atomic mass is 32.1. The van der Waals surface area contributed by atoms with Crippen LogP contribution < -0.4 is 10.1 Å². The van der Waals surface area contributed by atoms with Crippen molar-refractivity contribution in [2.75, 3.05) is 5.32 Å². The molecule has 3 rings (SSSR count). The number of carbonyl (C=O) groups excluding carboxylic acids is 1. The van der Waals surface area contributed by atoms with Gasteiger partial charge in [0.05, 0.1) is 16.9 Å². The summed E-state index contributed by atoms with van der Waals surface area (Å²) in [6.07, 6.45) is 0. The van der Waals surface area contributed by atoms with E-state index in [0.29, 0.717) is 24.0 Å². The fourth-order valence-corrected chi connectivity index (χ4v) is 2.50. The first-order chi connectivity index (χ1) is 11.6. The number of hydrogen-bond donors (Lipinski definition) is 1. The molecule has 24 heavy (non-hydrogen) atoms. The van der Waals surface area contributed by atoms with Crippen molar-refractivity contribution in [1.29, 1.82) is 0 Å². The van der Waals surface area contributed by atoms with Crippen molar-refractivity contribution in [2.24, 2.45) is 0 Å². The Bertz CT molecular complexity index is 836. The van der Waals surface area contributed by atoms with Gasteiger partial charge in [0, 0.05) is 17.0 Å². The van der Waals surface area contributed by atoms with Gasteiger partial charge in [0.1, 0.15) is 24.0 Å². The van der Waals surface area contributed by atoms with E-state index in [1.807, 2.05) is 5.38 Å². The van der Waals surface area contributed by atoms with E-state index >= 15 is 0 Å². The molecule has 1 amide bonds. The highest BCUT2D eigenvalue weighted by Gasteiger charge is 2.10. The molecule has 122 valence electrons. The van der Waals surface area contributed by atoms with Gasteiger partial charge in [-0.05, 0) is 36.4 Å². The highest BCUT2D eigenvalue weighted by Crippen LogP contribution is 2.18. The minimum Gasteiger partial charge on any atom is -0.487 e. The lowest BCUT2D eigenvalue weighted by Crippen LogP contribution is -2.13. The van der Waals surface area contributed by atoms with Gasteiger partial charge in [-0.2, -0.15) is 0 Å². The van der Waals surface area contributed by atoms with E-state index < -0.39 is 17.5 Å². The Morgan fingerprint density at radius 2 is 1.96 bits per heavy atom. The van der Waals surface area contributed by atoms with Crippen LogP contribution in [0.5, 0.6) is 5.75 Å². The quantitative estimate of drug-likeness (QED) is 0.751. The number of carbonyl (C=O) groups is 1. The van der Waals surface area contributed by atoms with Gasteiger partial charge in [-0.15, -0.1) is 11.3 Å². The molecule has 7 heteroatoms.